The molecule has 1 aliphatic carbocycles. The molecule has 112 valence electrons. The van der Waals surface area contributed by atoms with Crippen LogP contribution >= 0.6 is 31.9 Å². The third kappa shape index (κ3) is 3.61. The van der Waals surface area contributed by atoms with Gasteiger partial charge in [-0.15, -0.1) is 0 Å². The molecule has 0 radical (unpaired) electrons. The second-order valence-electron chi connectivity index (χ2n) is 5.15. The van der Waals surface area contributed by atoms with Crippen molar-refractivity contribution >= 4 is 41.9 Å². The lowest BCUT2D eigenvalue weighted by Crippen LogP contribution is -2.51. The fourth-order valence-corrected chi connectivity index (χ4v) is 5.26. The first-order valence-electron chi connectivity index (χ1n) is 6.44. The molecular weight excluding hydrogens is 413 g/mol. The predicted octanol–water partition coefficient (Wildman–Crippen LogP) is 3.96. The number of halogens is 3. The van der Waals surface area contributed by atoms with Crippen LogP contribution < -0.4 is 4.72 Å². The van der Waals surface area contributed by atoms with E-state index in [0.717, 1.165) is 38.2 Å². The van der Waals surface area contributed by atoms with Gasteiger partial charge in [-0.25, -0.2) is 17.5 Å². The Kier molecular flexibility index (Phi) is 5.26. The summed E-state index contributed by atoms with van der Waals surface area (Å²) in [6.07, 6.45) is 4.63. The van der Waals surface area contributed by atoms with E-state index in [-0.39, 0.29) is 4.90 Å². The third-order valence-electron chi connectivity index (χ3n) is 3.60. The van der Waals surface area contributed by atoms with Gasteiger partial charge in [0.05, 0.1) is 0 Å². The molecule has 0 amide bonds. The third-order valence-corrected chi connectivity index (χ3v) is 6.78. The Morgan fingerprint density at radius 2 is 1.90 bits per heavy atom. The molecule has 0 saturated heterocycles. The van der Waals surface area contributed by atoms with Gasteiger partial charge in [0.25, 0.3) is 0 Å². The highest BCUT2D eigenvalue weighted by molar-refractivity contribution is 9.10. The quantitative estimate of drug-likeness (QED) is 0.737. The normalized spacial score (nSPS) is 18.9. The van der Waals surface area contributed by atoms with Gasteiger partial charge in [-0.05, 0) is 31.0 Å². The van der Waals surface area contributed by atoms with Crippen molar-refractivity contribution < 1.29 is 12.8 Å². The van der Waals surface area contributed by atoms with Gasteiger partial charge < -0.3 is 0 Å². The molecule has 0 bridgehead atoms. The molecule has 1 saturated carbocycles. The van der Waals surface area contributed by atoms with E-state index in [1.807, 2.05) is 0 Å². The summed E-state index contributed by atoms with van der Waals surface area (Å²) in [7, 11) is -3.85. The second kappa shape index (κ2) is 6.42. The molecule has 0 heterocycles. The van der Waals surface area contributed by atoms with E-state index >= 15 is 0 Å². The van der Waals surface area contributed by atoms with E-state index in [4.69, 9.17) is 0 Å². The smallest absolute Gasteiger partial charge is 0.207 e. The summed E-state index contributed by atoms with van der Waals surface area (Å²) in [6.45, 7) is 0. The van der Waals surface area contributed by atoms with Crippen molar-refractivity contribution in [2.45, 2.75) is 42.5 Å². The Morgan fingerprint density at radius 3 is 2.45 bits per heavy atom. The van der Waals surface area contributed by atoms with Crippen LogP contribution in [0.4, 0.5) is 4.39 Å². The molecule has 0 spiro atoms. The summed E-state index contributed by atoms with van der Waals surface area (Å²) in [5.74, 6) is -0.743. The molecule has 3 nitrogen and oxygen atoms in total. The van der Waals surface area contributed by atoms with Crippen LogP contribution in [0.2, 0.25) is 0 Å². The standard InChI is InChI=1S/C13H16Br2FNO2S/c14-9-13(6-2-1-3-7-13)17-20(18,19)12-5-4-10(15)8-11(12)16/h4-5,8,17H,1-3,6-7,9H2. The maximum absolute atomic E-state index is 13.9. The topological polar surface area (TPSA) is 46.2 Å². The fraction of sp³-hybridized carbons (Fsp3) is 0.538. The predicted molar refractivity (Wildman–Crippen MR) is 84.0 cm³/mol. The van der Waals surface area contributed by atoms with Crippen molar-refractivity contribution in [1.29, 1.82) is 0 Å². The summed E-state index contributed by atoms with van der Waals surface area (Å²) in [5, 5.41) is 0.539. The highest BCUT2D eigenvalue weighted by atomic mass is 79.9. The fourth-order valence-electron chi connectivity index (χ4n) is 2.52. The Labute approximate surface area is 135 Å². The number of hydrogen-bond acceptors (Lipinski definition) is 2. The van der Waals surface area contributed by atoms with E-state index in [1.54, 1.807) is 0 Å². The second-order valence-corrected chi connectivity index (χ2v) is 8.28. The number of hydrogen-bond donors (Lipinski definition) is 1. The zero-order valence-electron chi connectivity index (χ0n) is 10.8. The largest absolute Gasteiger partial charge is 0.244 e. The lowest BCUT2D eigenvalue weighted by atomic mass is 9.84. The maximum Gasteiger partial charge on any atom is 0.244 e. The minimum Gasteiger partial charge on any atom is -0.207 e. The van der Waals surface area contributed by atoms with Gasteiger partial charge in [-0.2, -0.15) is 0 Å². The number of rotatable bonds is 4. The first-order valence-corrected chi connectivity index (χ1v) is 9.83. The summed E-state index contributed by atoms with van der Waals surface area (Å²) in [4.78, 5) is -0.299. The SMILES string of the molecule is O=S(=O)(NC1(CBr)CCCCC1)c1ccc(Br)cc1F. The molecule has 2 rings (SSSR count). The van der Waals surface area contributed by atoms with Crippen LogP contribution in [0.1, 0.15) is 32.1 Å². The molecule has 1 aromatic rings. The molecule has 1 N–H and O–H groups in total. The summed E-state index contributed by atoms with van der Waals surface area (Å²) >= 11 is 6.52. The molecule has 1 aromatic carbocycles. The molecule has 7 heteroatoms. The van der Waals surface area contributed by atoms with Gasteiger partial charge in [0.15, 0.2) is 0 Å². The monoisotopic (exact) mass is 427 g/mol. The van der Waals surface area contributed by atoms with Crippen LogP contribution in [0.3, 0.4) is 0 Å². The number of alkyl halides is 1. The minimum absolute atomic E-state index is 0.299. The molecular formula is C13H16Br2FNO2S. The van der Waals surface area contributed by atoms with Crippen molar-refractivity contribution in [1.82, 2.24) is 4.72 Å². The van der Waals surface area contributed by atoms with Crippen LogP contribution in [0.25, 0.3) is 0 Å². The van der Waals surface area contributed by atoms with Gasteiger partial charge >= 0.3 is 0 Å². The molecule has 0 aliphatic heterocycles. The van der Waals surface area contributed by atoms with E-state index in [1.165, 1.54) is 12.1 Å². The number of sulfonamides is 1. The highest BCUT2D eigenvalue weighted by Crippen LogP contribution is 2.32. The van der Waals surface area contributed by atoms with Crippen molar-refractivity contribution in [2.75, 3.05) is 5.33 Å². The van der Waals surface area contributed by atoms with Gasteiger partial charge in [0, 0.05) is 15.3 Å². The minimum atomic E-state index is -3.85. The van der Waals surface area contributed by atoms with E-state index in [0.29, 0.717) is 9.80 Å². The van der Waals surface area contributed by atoms with Gasteiger partial charge in [0.1, 0.15) is 10.7 Å². The van der Waals surface area contributed by atoms with Crippen LogP contribution in [0.5, 0.6) is 0 Å². The average Bonchev–Trinajstić information content (AvgIpc) is 2.38. The van der Waals surface area contributed by atoms with Crippen LogP contribution in [0, 0.1) is 5.82 Å². The number of benzene rings is 1. The lowest BCUT2D eigenvalue weighted by molar-refractivity contribution is 0.301. The Hall–Kier alpha value is 0.0200. The van der Waals surface area contributed by atoms with Crippen LogP contribution in [0.15, 0.2) is 27.6 Å². The van der Waals surface area contributed by atoms with Crippen LogP contribution in [-0.4, -0.2) is 19.3 Å². The Bertz CT molecular complexity index is 586. The van der Waals surface area contributed by atoms with Crippen molar-refractivity contribution in [3.05, 3.63) is 28.5 Å². The molecule has 1 aliphatic rings. The molecule has 0 atom stereocenters. The molecule has 0 aromatic heterocycles. The Balaban J connectivity index is 2.30. The summed E-state index contributed by atoms with van der Waals surface area (Å²) in [5.41, 5.74) is -0.503. The van der Waals surface area contributed by atoms with Gasteiger partial charge in [0.2, 0.25) is 10.0 Å². The zero-order chi connectivity index (χ0) is 14.8. The number of nitrogens with one attached hydrogen (secondary N) is 1. The maximum atomic E-state index is 13.9. The van der Waals surface area contributed by atoms with Crippen molar-refractivity contribution in [2.24, 2.45) is 0 Å². The van der Waals surface area contributed by atoms with Gasteiger partial charge in [-0.1, -0.05) is 51.1 Å². The van der Waals surface area contributed by atoms with E-state index in [2.05, 4.69) is 36.6 Å². The first kappa shape index (κ1) is 16.4. The first-order chi connectivity index (χ1) is 9.38. The van der Waals surface area contributed by atoms with E-state index in [9.17, 15) is 12.8 Å². The van der Waals surface area contributed by atoms with Crippen LogP contribution in [-0.2, 0) is 10.0 Å². The summed E-state index contributed by atoms with van der Waals surface area (Å²) in [6, 6.07) is 3.97. The highest BCUT2D eigenvalue weighted by Gasteiger charge is 2.36. The molecule has 1 fully saturated rings. The molecule has 20 heavy (non-hydrogen) atoms. The zero-order valence-corrected chi connectivity index (χ0v) is 14.8. The van der Waals surface area contributed by atoms with E-state index < -0.39 is 21.4 Å². The van der Waals surface area contributed by atoms with Gasteiger partial charge in [-0.3, -0.25) is 0 Å². The van der Waals surface area contributed by atoms with Crippen molar-refractivity contribution in [3.63, 3.8) is 0 Å². The van der Waals surface area contributed by atoms with Crippen molar-refractivity contribution in [3.8, 4) is 0 Å². The Morgan fingerprint density at radius 1 is 1.25 bits per heavy atom. The lowest BCUT2D eigenvalue weighted by Gasteiger charge is -2.36. The molecule has 0 unspecified atom stereocenters. The average molecular weight is 429 g/mol. The summed E-state index contributed by atoms with van der Waals surface area (Å²) < 4.78 is 41.9.